The first-order chi connectivity index (χ1) is 10.7. The van der Waals surface area contributed by atoms with Crippen LogP contribution in [0.25, 0.3) is 0 Å². The van der Waals surface area contributed by atoms with Crippen molar-refractivity contribution in [3.63, 3.8) is 0 Å². The van der Waals surface area contributed by atoms with E-state index in [1.165, 1.54) is 0 Å². The Morgan fingerprint density at radius 2 is 2.09 bits per heavy atom. The van der Waals surface area contributed by atoms with E-state index in [4.69, 9.17) is 4.84 Å². The lowest BCUT2D eigenvalue weighted by atomic mass is 10.0. The first kappa shape index (κ1) is 14.6. The summed E-state index contributed by atoms with van der Waals surface area (Å²) < 4.78 is 0. The molecule has 1 aromatic rings. The van der Waals surface area contributed by atoms with Gasteiger partial charge in [0, 0.05) is 13.0 Å². The molecule has 2 amide bonds. The molecule has 2 heterocycles. The molecular formula is C16H19N3O3. The lowest BCUT2D eigenvalue weighted by Crippen LogP contribution is -2.48. The fourth-order valence-corrected chi connectivity index (χ4v) is 2.66. The molecule has 2 aliphatic rings. The lowest BCUT2D eigenvalue weighted by molar-refractivity contribution is -0.135. The van der Waals surface area contributed by atoms with Gasteiger partial charge in [0.1, 0.15) is 6.04 Å². The molecule has 0 radical (unpaired) electrons. The molecule has 0 bridgehead atoms. The second-order valence-corrected chi connectivity index (χ2v) is 5.55. The Bertz CT molecular complexity index is 586. The van der Waals surface area contributed by atoms with Crippen LogP contribution in [0.15, 0.2) is 35.5 Å². The van der Waals surface area contributed by atoms with E-state index in [2.05, 4.69) is 15.8 Å². The summed E-state index contributed by atoms with van der Waals surface area (Å²) in [6.45, 7) is 0.673. The van der Waals surface area contributed by atoms with Crippen LogP contribution in [0.3, 0.4) is 0 Å². The number of carbonyl (C=O) groups is 2. The molecule has 2 atom stereocenters. The average molecular weight is 301 g/mol. The second kappa shape index (κ2) is 6.60. The van der Waals surface area contributed by atoms with Gasteiger partial charge in [-0.1, -0.05) is 35.5 Å². The van der Waals surface area contributed by atoms with Gasteiger partial charge in [-0.3, -0.25) is 9.59 Å². The van der Waals surface area contributed by atoms with Crippen LogP contribution in [0, 0.1) is 0 Å². The minimum absolute atomic E-state index is 0.118. The Kier molecular flexibility index (Phi) is 4.37. The molecule has 0 unspecified atom stereocenters. The SMILES string of the molecule is O=C1NCCCC[C@H]1NC(=O)[C@H]1CC(c2ccccc2)=NO1. The van der Waals surface area contributed by atoms with Crippen LogP contribution < -0.4 is 10.6 Å². The van der Waals surface area contributed by atoms with E-state index in [0.29, 0.717) is 19.4 Å². The van der Waals surface area contributed by atoms with Crippen LogP contribution in [0.5, 0.6) is 0 Å². The van der Waals surface area contributed by atoms with Crippen LogP contribution >= 0.6 is 0 Å². The summed E-state index contributed by atoms with van der Waals surface area (Å²) in [5, 5.41) is 9.57. The van der Waals surface area contributed by atoms with Crippen molar-refractivity contribution in [2.75, 3.05) is 6.54 Å². The number of carbonyl (C=O) groups excluding carboxylic acids is 2. The minimum Gasteiger partial charge on any atom is -0.382 e. The van der Waals surface area contributed by atoms with Gasteiger partial charge >= 0.3 is 0 Å². The number of amides is 2. The number of nitrogens with zero attached hydrogens (tertiary/aromatic N) is 1. The number of hydrogen-bond acceptors (Lipinski definition) is 4. The van der Waals surface area contributed by atoms with E-state index in [1.54, 1.807) is 0 Å². The van der Waals surface area contributed by atoms with Crippen molar-refractivity contribution in [2.45, 2.75) is 37.8 Å². The molecule has 0 aliphatic carbocycles. The van der Waals surface area contributed by atoms with Crippen molar-refractivity contribution < 1.29 is 14.4 Å². The first-order valence-electron chi connectivity index (χ1n) is 7.60. The van der Waals surface area contributed by atoms with Crippen LogP contribution in [-0.4, -0.2) is 36.2 Å². The number of oxime groups is 1. The zero-order chi connectivity index (χ0) is 15.4. The summed E-state index contributed by atoms with van der Waals surface area (Å²) in [5.74, 6) is -0.398. The highest BCUT2D eigenvalue weighted by molar-refractivity contribution is 6.04. The molecule has 3 rings (SSSR count). The fraction of sp³-hybridized carbons (Fsp3) is 0.438. The van der Waals surface area contributed by atoms with Crippen LogP contribution in [-0.2, 0) is 14.4 Å². The minimum atomic E-state index is -0.661. The van der Waals surface area contributed by atoms with Gasteiger partial charge in [0.25, 0.3) is 5.91 Å². The highest BCUT2D eigenvalue weighted by Gasteiger charge is 2.32. The van der Waals surface area contributed by atoms with Gasteiger partial charge in [-0.15, -0.1) is 0 Å². The zero-order valence-electron chi connectivity index (χ0n) is 12.2. The molecule has 1 fully saturated rings. The quantitative estimate of drug-likeness (QED) is 0.873. The maximum absolute atomic E-state index is 12.3. The third kappa shape index (κ3) is 3.27. The molecule has 1 aromatic carbocycles. The highest BCUT2D eigenvalue weighted by atomic mass is 16.6. The van der Waals surface area contributed by atoms with Crippen molar-refractivity contribution >= 4 is 17.5 Å². The predicted octanol–water partition coefficient (Wildman–Crippen LogP) is 0.964. The number of benzene rings is 1. The van der Waals surface area contributed by atoms with Crippen LogP contribution in [0.1, 0.15) is 31.2 Å². The Morgan fingerprint density at radius 1 is 1.27 bits per heavy atom. The largest absolute Gasteiger partial charge is 0.382 e. The molecule has 22 heavy (non-hydrogen) atoms. The molecule has 1 saturated heterocycles. The number of rotatable bonds is 3. The van der Waals surface area contributed by atoms with E-state index in [-0.39, 0.29) is 11.8 Å². The number of hydrogen-bond donors (Lipinski definition) is 2. The van der Waals surface area contributed by atoms with Crippen molar-refractivity contribution in [1.82, 2.24) is 10.6 Å². The van der Waals surface area contributed by atoms with Gasteiger partial charge in [-0.2, -0.15) is 0 Å². The normalized spacial score (nSPS) is 24.7. The Morgan fingerprint density at radius 3 is 2.91 bits per heavy atom. The molecule has 6 heteroatoms. The molecule has 2 aliphatic heterocycles. The summed E-state index contributed by atoms with van der Waals surface area (Å²) >= 11 is 0. The van der Waals surface area contributed by atoms with E-state index in [9.17, 15) is 9.59 Å². The standard InChI is InChI=1S/C16H19N3O3/c20-15-12(8-4-5-9-17-15)18-16(21)14-10-13(19-22-14)11-6-2-1-3-7-11/h1-3,6-7,12,14H,4-5,8-10H2,(H,17,20)(H,18,21)/t12-,14-/m1/s1. The molecule has 0 spiro atoms. The predicted molar refractivity (Wildman–Crippen MR) is 81.3 cm³/mol. The summed E-state index contributed by atoms with van der Waals surface area (Å²) in [7, 11) is 0. The Hall–Kier alpha value is -2.37. The highest BCUT2D eigenvalue weighted by Crippen LogP contribution is 2.17. The monoisotopic (exact) mass is 301 g/mol. The van der Waals surface area contributed by atoms with Gasteiger partial charge in [0.2, 0.25) is 12.0 Å². The van der Waals surface area contributed by atoms with Crippen LogP contribution in [0.4, 0.5) is 0 Å². The smallest absolute Gasteiger partial charge is 0.264 e. The van der Waals surface area contributed by atoms with Crippen LogP contribution in [0.2, 0.25) is 0 Å². The summed E-state index contributed by atoms with van der Waals surface area (Å²) in [4.78, 5) is 29.3. The molecule has 6 nitrogen and oxygen atoms in total. The van der Waals surface area contributed by atoms with Crippen molar-refractivity contribution in [3.05, 3.63) is 35.9 Å². The van der Waals surface area contributed by atoms with Crippen molar-refractivity contribution in [1.29, 1.82) is 0 Å². The zero-order valence-corrected chi connectivity index (χ0v) is 12.2. The third-order valence-corrected chi connectivity index (χ3v) is 3.92. The van der Waals surface area contributed by atoms with Gasteiger partial charge in [0.15, 0.2) is 0 Å². The Labute approximate surface area is 128 Å². The van der Waals surface area contributed by atoms with Gasteiger partial charge in [-0.05, 0) is 24.8 Å². The van der Waals surface area contributed by atoms with E-state index in [0.717, 1.165) is 24.1 Å². The van der Waals surface area contributed by atoms with Gasteiger partial charge in [-0.25, -0.2) is 0 Å². The average Bonchev–Trinajstić information content (AvgIpc) is 2.96. The van der Waals surface area contributed by atoms with E-state index >= 15 is 0 Å². The van der Waals surface area contributed by atoms with E-state index in [1.807, 2.05) is 30.3 Å². The molecule has 116 valence electrons. The lowest BCUT2D eigenvalue weighted by Gasteiger charge is -2.17. The molecule has 0 saturated carbocycles. The fourth-order valence-electron chi connectivity index (χ4n) is 2.66. The molecule has 0 aromatic heterocycles. The summed E-state index contributed by atoms with van der Waals surface area (Å²) in [6, 6.07) is 9.15. The van der Waals surface area contributed by atoms with Crippen molar-refractivity contribution in [2.24, 2.45) is 5.16 Å². The topological polar surface area (TPSA) is 79.8 Å². The maximum atomic E-state index is 12.3. The molecular weight excluding hydrogens is 282 g/mol. The van der Waals surface area contributed by atoms with E-state index < -0.39 is 12.1 Å². The van der Waals surface area contributed by atoms with Gasteiger partial charge < -0.3 is 15.5 Å². The number of nitrogens with one attached hydrogen (secondary N) is 2. The Balaban J connectivity index is 1.57. The molecule has 2 N–H and O–H groups in total. The summed E-state index contributed by atoms with van der Waals surface area (Å²) in [6.07, 6.45) is 2.28. The summed E-state index contributed by atoms with van der Waals surface area (Å²) in [5.41, 5.74) is 1.70. The maximum Gasteiger partial charge on any atom is 0.264 e. The third-order valence-electron chi connectivity index (χ3n) is 3.92. The van der Waals surface area contributed by atoms with Gasteiger partial charge in [0.05, 0.1) is 5.71 Å². The first-order valence-corrected chi connectivity index (χ1v) is 7.60. The second-order valence-electron chi connectivity index (χ2n) is 5.55. The van der Waals surface area contributed by atoms with Crippen molar-refractivity contribution in [3.8, 4) is 0 Å².